The minimum atomic E-state index is -0.354. The van der Waals surface area contributed by atoms with Crippen LogP contribution in [0.3, 0.4) is 0 Å². The summed E-state index contributed by atoms with van der Waals surface area (Å²) >= 11 is 6.07. The Labute approximate surface area is 199 Å². The Hall–Kier alpha value is -2.64. The molecule has 33 heavy (non-hydrogen) atoms. The van der Waals surface area contributed by atoms with Gasteiger partial charge >= 0.3 is 6.03 Å². The molecule has 2 heterocycles. The van der Waals surface area contributed by atoms with Crippen molar-refractivity contribution in [1.29, 1.82) is 0 Å². The Kier molecular flexibility index (Phi) is 7.20. The summed E-state index contributed by atoms with van der Waals surface area (Å²) < 4.78 is 13.5. The molecule has 2 bridgehead atoms. The number of anilines is 1. The minimum Gasteiger partial charge on any atom is -0.341 e. The van der Waals surface area contributed by atoms with E-state index >= 15 is 0 Å². The maximum absolute atomic E-state index is 13.5. The van der Waals surface area contributed by atoms with Crippen LogP contribution >= 0.6 is 11.6 Å². The highest BCUT2D eigenvalue weighted by atomic mass is 35.5. The zero-order valence-electron chi connectivity index (χ0n) is 19.0. The Balaban J connectivity index is 1.42. The van der Waals surface area contributed by atoms with E-state index in [2.05, 4.69) is 22.5 Å². The van der Waals surface area contributed by atoms with E-state index in [4.69, 9.17) is 11.6 Å². The molecule has 8 heteroatoms. The summed E-state index contributed by atoms with van der Waals surface area (Å²) in [5, 5.41) is 5.75. The predicted molar refractivity (Wildman–Crippen MR) is 130 cm³/mol. The molecule has 3 amide bonds. The van der Waals surface area contributed by atoms with Crippen molar-refractivity contribution >= 4 is 35.3 Å². The van der Waals surface area contributed by atoms with Crippen molar-refractivity contribution < 1.29 is 14.0 Å². The second kappa shape index (κ2) is 10.1. The number of fused-ring (bicyclic) bond motifs is 2. The van der Waals surface area contributed by atoms with Gasteiger partial charge in [0.1, 0.15) is 5.83 Å². The van der Waals surface area contributed by atoms with Crippen molar-refractivity contribution in [3.05, 3.63) is 58.4 Å². The van der Waals surface area contributed by atoms with Gasteiger partial charge in [0, 0.05) is 56.3 Å². The summed E-state index contributed by atoms with van der Waals surface area (Å²) in [6.07, 6.45) is 9.27. The molecule has 3 unspecified atom stereocenters. The standard InChI is InChI=1S/C25H30ClFN4O2/c1-16-11-20(27)7-4-18(16)13-30-14-21-8-9-22(15-30)31(21)24(32)10-5-17-3-6-19(26)12-23(17)29-25(33)28-2/h3-7,10,12,16,21-22H,8-9,11,13-15H2,1-2H3,(H2,28,29,33)/b10-5+. The first-order chi connectivity index (χ1) is 15.8. The Morgan fingerprint density at radius 2 is 1.94 bits per heavy atom. The fraction of sp³-hybridized carbons (Fsp3) is 0.440. The molecule has 4 rings (SSSR count). The Morgan fingerprint density at radius 1 is 1.21 bits per heavy atom. The number of hydrogen-bond donors (Lipinski definition) is 2. The average molecular weight is 473 g/mol. The van der Waals surface area contributed by atoms with E-state index in [0.717, 1.165) is 32.5 Å². The van der Waals surface area contributed by atoms with Crippen LogP contribution in [0.5, 0.6) is 0 Å². The molecule has 0 spiro atoms. The Morgan fingerprint density at radius 3 is 2.61 bits per heavy atom. The first kappa shape index (κ1) is 23.5. The van der Waals surface area contributed by atoms with Crippen molar-refractivity contribution in [2.24, 2.45) is 5.92 Å². The zero-order chi connectivity index (χ0) is 23.5. The maximum Gasteiger partial charge on any atom is 0.318 e. The van der Waals surface area contributed by atoms with Gasteiger partial charge in [-0.2, -0.15) is 0 Å². The first-order valence-electron chi connectivity index (χ1n) is 11.4. The molecule has 176 valence electrons. The molecule has 0 aromatic heterocycles. The number of hydrogen-bond acceptors (Lipinski definition) is 3. The van der Waals surface area contributed by atoms with Crippen LogP contribution in [0.1, 0.15) is 31.7 Å². The topological polar surface area (TPSA) is 64.7 Å². The molecule has 3 atom stereocenters. The van der Waals surface area contributed by atoms with Gasteiger partial charge in [-0.05, 0) is 48.6 Å². The number of likely N-dealkylation sites (tertiary alicyclic amines) is 1. The third-order valence-electron chi connectivity index (χ3n) is 6.73. The monoisotopic (exact) mass is 472 g/mol. The van der Waals surface area contributed by atoms with E-state index in [9.17, 15) is 14.0 Å². The molecule has 0 radical (unpaired) electrons. The van der Waals surface area contributed by atoms with Crippen molar-refractivity contribution in [3.63, 3.8) is 0 Å². The van der Waals surface area contributed by atoms with E-state index in [1.54, 1.807) is 36.4 Å². The highest BCUT2D eigenvalue weighted by Gasteiger charge is 2.42. The summed E-state index contributed by atoms with van der Waals surface area (Å²) in [6.45, 7) is 4.56. The molecule has 2 fully saturated rings. The number of benzene rings is 1. The van der Waals surface area contributed by atoms with Gasteiger partial charge in [0.25, 0.3) is 0 Å². The van der Waals surface area contributed by atoms with E-state index in [1.165, 1.54) is 12.6 Å². The second-order valence-electron chi connectivity index (χ2n) is 9.05. The number of halogens is 2. The summed E-state index contributed by atoms with van der Waals surface area (Å²) in [4.78, 5) is 29.3. The smallest absolute Gasteiger partial charge is 0.318 e. The lowest BCUT2D eigenvalue weighted by Gasteiger charge is -2.41. The normalized spacial score (nSPS) is 25.1. The van der Waals surface area contributed by atoms with Crippen LogP contribution in [-0.2, 0) is 4.79 Å². The molecule has 2 aliphatic heterocycles. The van der Waals surface area contributed by atoms with Gasteiger partial charge in [0.05, 0.1) is 5.69 Å². The van der Waals surface area contributed by atoms with Crippen LogP contribution in [0.4, 0.5) is 14.9 Å². The largest absolute Gasteiger partial charge is 0.341 e. The summed E-state index contributed by atoms with van der Waals surface area (Å²) in [7, 11) is 1.54. The number of nitrogens with one attached hydrogen (secondary N) is 2. The lowest BCUT2D eigenvalue weighted by atomic mass is 9.92. The second-order valence-corrected chi connectivity index (χ2v) is 9.49. The van der Waals surface area contributed by atoms with Gasteiger partial charge in [-0.25, -0.2) is 9.18 Å². The van der Waals surface area contributed by atoms with Gasteiger partial charge in [0.2, 0.25) is 5.91 Å². The molecule has 3 aliphatic rings. The molecule has 1 aromatic carbocycles. The van der Waals surface area contributed by atoms with Gasteiger partial charge < -0.3 is 15.5 Å². The van der Waals surface area contributed by atoms with Crippen LogP contribution in [0.2, 0.25) is 5.02 Å². The number of allylic oxidation sites excluding steroid dienone is 3. The van der Waals surface area contributed by atoms with Crippen molar-refractivity contribution in [1.82, 2.24) is 15.1 Å². The van der Waals surface area contributed by atoms with Crippen molar-refractivity contribution in [2.45, 2.75) is 38.3 Å². The quantitative estimate of drug-likeness (QED) is 0.615. The first-order valence-corrected chi connectivity index (χ1v) is 11.8. The van der Waals surface area contributed by atoms with E-state index < -0.39 is 0 Å². The molecular weight excluding hydrogens is 443 g/mol. The highest BCUT2D eigenvalue weighted by Crippen LogP contribution is 2.33. The predicted octanol–water partition coefficient (Wildman–Crippen LogP) is 4.60. The lowest BCUT2D eigenvalue weighted by molar-refractivity contribution is -0.131. The van der Waals surface area contributed by atoms with Gasteiger partial charge in [0.15, 0.2) is 0 Å². The number of urea groups is 1. The molecule has 2 N–H and O–H groups in total. The van der Waals surface area contributed by atoms with E-state index in [-0.39, 0.29) is 35.8 Å². The maximum atomic E-state index is 13.5. The van der Waals surface area contributed by atoms with Crippen LogP contribution in [0.25, 0.3) is 6.08 Å². The summed E-state index contributed by atoms with van der Waals surface area (Å²) in [5.74, 6) is 0.147. The number of rotatable bonds is 5. The summed E-state index contributed by atoms with van der Waals surface area (Å²) in [6, 6.07) is 5.17. The third-order valence-corrected chi connectivity index (χ3v) is 6.96. The minimum absolute atomic E-state index is 0.0155. The number of carbonyl (C=O) groups is 2. The highest BCUT2D eigenvalue weighted by molar-refractivity contribution is 6.31. The van der Waals surface area contributed by atoms with E-state index in [0.29, 0.717) is 22.7 Å². The number of amides is 3. The van der Waals surface area contributed by atoms with E-state index in [1.807, 2.05) is 11.0 Å². The number of carbonyl (C=O) groups excluding carboxylic acids is 2. The fourth-order valence-corrected chi connectivity index (χ4v) is 5.19. The van der Waals surface area contributed by atoms with Crippen LogP contribution in [-0.4, -0.2) is 60.5 Å². The number of piperazine rings is 1. The molecule has 1 aliphatic carbocycles. The van der Waals surface area contributed by atoms with Crippen LogP contribution < -0.4 is 10.6 Å². The van der Waals surface area contributed by atoms with Gasteiger partial charge in [-0.15, -0.1) is 0 Å². The van der Waals surface area contributed by atoms with Crippen molar-refractivity contribution in [3.8, 4) is 0 Å². The van der Waals surface area contributed by atoms with Gasteiger partial charge in [-0.1, -0.05) is 36.2 Å². The van der Waals surface area contributed by atoms with Crippen LogP contribution in [0, 0.1) is 5.92 Å². The summed E-state index contributed by atoms with van der Waals surface area (Å²) in [5.41, 5.74) is 2.51. The molecular formula is C25H30ClFN4O2. The van der Waals surface area contributed by atoms with Crippen LogP contribution in [0.15, 0.2) is 47.8 Å². The SMILES string of the molecule is CNC(=O)Nc1cc(Cl)ccc1/C=C/C(=O)N1C2CCC1CN(CC1=CC=C(F)CC1C)C2. The average Bonchev–Trinajstić information content (AvgIpc) is 3.05. The van der Waals surface area contributed by atoms with Gasteiger partial charge in [-0.3, -0.25) is 9.69 Å². The Bertz CT molecular complexity index is 1010. The fourth-order valence-electron chi connectivity index (χ4n) is 5.01. The molecule has 1 aromatic rings. The molecule has 6 nitrogen and oxygen atoms in total. The third kappa shape index (κ3) is 5.47. The number of nitrogens with zero attached hydrogens (tertiary/aromatic N) is 2. The molecule has 0 saturated carbocycles. The van der Waals surface area contributed by atoms with Crippen molar-refractivity contribution in [2.75, 3.05) is 32.0 Å². The zero-order valence-corrected chi connectivity index (χ0v) is 19.7. The lowest BCUT2D eigenvalue weighted by Crippen LogP contribution is -2.55. The molecule has 2 saturated heterocycles.